The van der Waals surface area contributed by atoms with Crippen molar-refractivity contribution in [1.82, 2.24) is 5.32 Å². The molecule has 2 nitrogen and oxygen atoms in total. The quantitative estimate of drug-likeness (QED) is 0.918. The maximum atomic E-state index is 11.7. The molecule has 1 N–H and O–H groups in total. The lowest BCUT2D eigenvalue weighted by Crippen LogP contribution is -2.24. The fourth-order valence-electron chi connectivity index (χ4n) is 1.27. The normalized spacial score (nSPS) is 10.3. The molecule has 16 heavy (non-hydrogen) atoms. The predicted octanol–water partition coefficient (Wildman–Crippen LogP) is 3.54. The van der Waals surface area contributed by atoms with Crippen LogP contribution in [0.4, 0.5) is 0 Å². The van der Waals surface area contributed by atoms with Crippen LogP contribution in [0.2, 0.25) is 0 Å². The number of amides is 1. The molecular formula is C11H10BrNOS2. The Morgan fingerprint density at radius 2 is 2.31 bits per heavy atom. The van der Waals surface area contributed by atoms with Crippen LogP contribution in [-0.4, -0.2) is 12.5 Å². The van der Waals surface area contributed by atoms with Crippen molar-refractivity contribution < 1.29 is 4.79 Å². The van der Waals surface area contributed by atoms with E-state index in [4.69, 9.17) is 0 Å². The number of hydrogen-bond acceptors (Lipinski definition) is 3. The highest BCUT2D eigenvalue weighted by molar-refractivity contribution is 9.10. The minimum absolute atomic E-state index is 0.00549. The number of nitrogens with one attached hydrogen (secondary N) is 1. The van der Waals surface area contributed by atoms with Crippen molar-refractivity contribution in [3.05, 3.63) is 43.2 Å². The number of hydrogen-bond donors (Lipinski definition) is 1. The molecule has 0 saturated heterocycles. The zero-order valence-corrected chi connectivity index (χ0v) is 11.6. The van der Waals surface area contributed by atoms with Crippen LogP contribution in [0.3, 0.4) is 0 Å². The molecule has 84 valence electrons. The molecule has 1 amide bonds. The minimum atomic E-state index is 0.00549. The third-order valence-corrected chi connectivity index (χ3v) is 4.49. The molecule has 0 aromatic carbocycles. The molecule has 5 heteroatoms. The molecule has 0 aliphatic carbocycles. The van der Waals surface area contributed by atoms with Crippen molar-refractivity contribution in [2.24, 2.45) is 0 Å². The van der Waals surface area contributed by atoms with E-state index >= 15 is 0 Å². The first kappa shape index (κ1) is 11.8. The number of rotatable bonds is 4. The first-order chi connectivity index (χ1) is 7.75. The molecule has 0 aliphatic heterocycles. The monoisotopic (exact) mass is 315 g/mol. The molecule has 0 fully saturated rings. The van der Waals surface area contributed by atoms with Crippen LogP contribution in [0.25, 0.3) is 0 Å². The third-order valence-electron chi connectivity index (χ3n) is 2.07. The average molecular weight is 316 g/mol. The number of carbonyl (C=O) groups is 1. The van der Waals surface area contributed by atoms with E-state index in [9.17, 15) is 4.79 Å². The summed E-state index contributed by atoms with van der Waals surface area (Å²) in [5.74, 6) is 0.00549. The molecule has 0 atom stereocenters. The predicted molar refractivity (Wildman–Crippen MR) is 72.4 cm³/mol. The Kier molecular flexibility index (Phi) is 4.15. The van der Waals surface area contributed by atoms with Crippen LogP contribution in [0, 0.1) is 0 Å². The number of carbonyl (C=O) groups excluding carboxylic acids is 1. The van der Waals surface area contributed by atoms with Crippen molar-refractivity contribution >= 4 is 44.5 Å². The fourth-order valence-corrected chi connectivity index (χ4v) is 3.32. The van der Waals surface area contributed by atoms with E-state index < -0.39 is 0 Å². The number of halogens is 1. The van der Waals surface area contributed by atoms with Gasteiger partial charge < -0.3 is 5.32 Å². The van der Waals surface area contributed by atoms with Crippen molar-refractivity contribution in [1.29, 1.82) is 0 Å². The zero-order chi connectivity index (χ0) is 11.4. The molecule has 0 aliphatic rings. The van der Waals surface area contributed by atoms with Gasteiger partial charge in [0.25, 0.3) is 5.91 Å². The summed E-state index contributed by atoms with van der Waals surface area (Å²) in [4.78, 5) is 12.4. The van der Waals surface area contributed by atoms with Crippen LogP contribution in [0.1, 0.15) is 15.2 Å². The van der Waals surface area contributed by atoms with E-state index in [0.29, 0.717) is 6.54 Å². The molecule has 2 rings (SSSR count). The van der Waals surface area contributed by atoms with Gasteiger partial charge in [-0.15, -0.1) is 11.3 Å². The smallest absolute Gasteiger partial charge is 0.261 e. The summed E-state index contributed by atoms with van der Waals surface area (Å²) in [5.41, 5.74) is 1.28. The molecule has 0 bridgehead atoms. The third kappa shape index (κ3) is 3.17. The van der Waals surface area contributed by atoms with Crippen molar-refractivity contribution in [3.63, 3.8) is 0 Å². The number of thiophene rings is 2. The largest absolute Gasteiger partial charge is 0.351 e. The van der Waals surface area contributed by atoms with Gasteiger partial charge >= 0.3 is 0 Å². The van der Waals surface area contributed by atoms with Crippen LogP contribution in [0.5, 0.6) is 0 Å². The van der Waals surface area contributed by atoms with Gasteiger partial charge in [-0.05, 0) is 50.8 Å². The first-order valence-electron chi connectivity index (χ1n) is 4.79. The zero-order valence-electron chi connectivity index (χ0n) is 8.40. The summed E-state index contributed by atoms with van der Waals surface area (Å²) in [7, 11) is 0. The Labute approximate surface area is 110 Å². The van der Waals surface area contributed by atoms with Gasteiger partial charge in [0.2, 0.25) is 0 Å². The standard InChI is InChI=1S/C11H10BrNOS2/c12-9-5-10(16-7-9)11(14)13-3-1-8-2-4-15-6-8/h2,4-7H,1,3H2,(H,13,14). The van der Waals surface area contributed by atoms with Gasteiger partial charge in [-0.1, -0.05) is 0 Å². The van der Waals surface area contributed by atoms with Crippen molar-refractivity contribution in [3.8, 4) is 0 Å². The molecule has 0 radical (unpaired) electrons. The summed E-state index contributed by atoms with van der Waals surface area (Å²) in [6, 6.07) is 3.92. The highest BCUT2D eigenvalue weighted by Gasteiger charge is 2.07. The van der Waals surface area contributed by atoms with Crippen molar-refractivity contribution in [2.75, 3.05) is 6.54 Å². The van der Waals surface area contributed by atoms with Gasteiger partial charge in [-0.3, -0.25) is 4.79 Å². The molecule has 2 aromatic heterocycles. The fraction of sp³-hybridized carbons (Fsp3) is 0.182. The van der Waals surface area contributed by atoms with Gasteiger partial charge in [-0.2, -0.15) is 11.3 Å². The van der Waals surface area contributed by atoms with E-state index in [1.54, 1.807) is 11.3 Å². The van der Waals surface area contributed by atoms with Crippen molar-refractivity contribution in [2.45, 2.75) is 6.42 Å². The Hall–Kier alpha value is -0.650. The van der Waals surface area contributed by atoms with Crippen LogP contribution in [-0.2, 0) is 6.42 Å². The Balaban J connectivity index is 1.80. The van der Waals surface area contributed by atoms with Gasteiger partial charge in [0.1, 0.15) is 0 Å². The first-order valence-corrected chi connectivity index (χ1v) is 7.40. The second-order valence-corrected chi connectivity index (χ2v) is 5.87. The maximum Gasteiger partial charge on any atom is 0.261 e. The van der Waals surface area contributed by atoms with Gasteiger partial charge in [0, 0.05) is 16.4 Å². The minimum Gasteiger partial charge on any atom is -0.351 e. The lowest BCUT2D eigenvalue weighted by atomic mass is 10.2. The summed E-state index contributed by atoms with van der Waals surface area (Å²) < 4.78 is 0.959. The Morgan fingerprint density at radius 1 is 1.44 bits per heavy atom. The molecule has 2 aromatic rings. The molecule has 2 heterocycles. The highest BCUT2D eigenvalue weighted by Crippen LogP contribution is 2.19. The lowest BCUT2D eigenvalue weighted by molar-refractivity contribution is 0.0958. The molecule has 0 spiro atoms. The second-order valence-electron chi connectivity index (χ2n) is 3.27. The van der Waals surface area contributed by atoms with Crippen LogP contribution in [0.15, 0.2) is 32.7 Å². The lowest BCUT2D eigenvalue weighted by Gasteiger charge is -2.01. The van der Waals surface area contributed by atoms with E-state index in [1.165, 1.54) is 16.9 Å². The van der Waals surface area contributed by atoms with Crippen LogP contribution >= 0.6 is 38.6 Å². The summed E-state index contributed by atoms with van der Waals surface area (Å²) >= 11 is 6.46. The van der Waals surface area contributed by atoms with E-state index in [1.807, 2.05) is 16.8 Å². The Bertz CT molecular complexity index is 464. The SMILES string of the molecule is O=C(NCCc1ccsc1)c1cc(Br)cs1. The molecule has 0 saturated carbocycles. The maximum absolute atomic E-state index is 11.7. The molecular weight excluding hydrogens is 306 g/mol. The average Bonchev–Trinajstić information content (AvgIpc) is 2.89. The molecule has 0 unspecified atom stereocenters. The highest BCUT2D eigenvalue weighted by atomic mass is 79.9. The second kappa shape index (κ2) is 5.61. The van der Waals surface area contributed by atoms with Gasteiger partial charge in [-0.25, -0.2) is 0 Å². The van der Waals surface area contributed by atoms with Crippen LogP contribution < -0.4 is 5.32 Å². The van der Waals surface area contributed by atoms with E-state index in [0.717, 1.165) is 15.8 Å². The summed E-state index contributed by atoms with van der Waals surface area (Å²) in [5, 5.41) is 8.97. The summed E-state index contributed by atoms with van der Waals surface area (Å²) in [6.45, 7) is 0.686. The van der Waals surface area contributed by atoms with E-state index in [2.05, 4.69) is 32.7 Å². The van der Waals surface area contributed by atoms with Gasteiger partial charge in [0.05, 0.1) is 4.88 Å². The summed E-state index contributed by atoms with van der Waals surface area (Å²) in [6.07, 6.45) is 0.891. The van der Waals surface area contributed by atoms with Gasteiger partial charge in [0.15, 0.2) is 0 Å². The van der Waals surface area contributed by atoms with E-state index in [-0.39, 0.29) is 5.91 Å². The topological polar surface area (TPSA) is 29.1 Å². The Morgan fingerprint density at radius 3 is 2.94 bits per heavy atom.